The number of anilines is 1. The maximum Gasteiger partial charge on any atom is 0.146 e. The van der Waals surface area contributed by atoms with Gasteiger partial charge in [-0.1, -0.05) is 19.9 Å². The first-order valence-electron chi connectivity index (χ1n) is 7.42. The molecule has 0 bridgehead atoms. The highest BCUT2D eigenvalue weighted by atomic mass is 19.1. The van der Waals surface area contributed by atoms with Crippen molar-refractivity contribution in [3.8, 4) is 0 Å². The van der Waals surface area contributed by atoms with Gasteiger partial charge in [-0.05, 0) is 36.6 Å². The molecule has 1 heterocycles. The van der Waals surface area contributed by atoms with Gasteiger partial charge in [-0.15, -0.1) is 0 Å². The van der Waals surface area contributed by atoms with Crippen LogP contribution in [0.5, 0.6) is 0 Å². The van der Waals surface area contributed by atoms with Crippen molar-refractivity contribution >= 4 is 5.69 Å². The van der Waals surface area contributed by atoms with Crippen LogP contribution in [-0.4, -0.2) is 32.8 Å². The van der Waals surface area contributed by atoms with Gasteiger partial charge in [0.2, 0.25) is 0 Å². The number of piperidine rings is 1. The number of benzene rings is 1. The van der Waals surface area contributed by atoms with Gasteiger partial charge in [-0.3, -0.25) is 0 Å². The molecule has 1 N–H and O–H groups in total. The predicted octanol–water partition coefficient (Wildman–Crippen LogP) is 2.80. The van der Waals surface area contributed by atoms with E-state index < -0.39 is 0 Å². The Labute approximate surface area is 121 Å². The molecule has 0 aliphatic carbocycles. The number of methoxy groups -OCH3 is 1. The molecule has 1 aromatic rings. The summed E-state index contributed by atoms with van der Waals surface area (Å²) in [5, 5.41) is 3.21. The van der Waals surface area contributed by atoms with Crippen molar-refractivity contribution in [3.05, 3.63) is 29.6 Å². The summed E-state index contributed by atoms with van der Waals surface area (Å²) in [6.07, 6.45) is 1.22. The first-order chi connectivity index (χ1) is 9.65. The molecule has 112 valence electrons. The summed E-state index contributed by atoms with van der Waals surface area (Å²) in [7, 11) is 1.74. The molecule has 1 aromatic carbocycles. The van der Waals surface area contributed by atoms with E-state index in [1.807, 2.05) is 19.1 Å². The largest absolute Gasteiger partial charge is 0.379 e. The molecular weight excluding hydrogens is 255 g/mol. The minimum atomic E-state index is -0.134. The Morgan fingerprint density at radius 3 is 2.90 bits per heavy atom. The van der Waals surface area contributed by atoms with E-state index in [4.69, 9.17) is 4.74 Å². The van der Waals surface area contributed by atoms with Crippen molar-refractivity contribution in [2.24, 2.45) is 5.92 Å². The molecule has 0 amide bonds. The summed E-state index contributed by atoms with van der Waals surface area (Å²) in [6.45, 7) is 7.51. The molecule has 0 aromatic heterocycles. The quantitative estimate of drug-likeness (QED) is 0.897. The Morgan fingerprint density at radius 2 is 2.25 bits per heavy atom. The number of rotatable bonds is 5. The highest BCUT2D eigenvalue weighted by molar-refractivity contribution is 5.49. The van der Waals surface area contributed by atoms with Crippen LogP contribution < -0.4 is 10.2 Å². The number of nitrogens with zero attached hydrogens (tertiary/aromatic N) is 1. The third kappa shape index (κ3) is 3.49. The van der Waals surface area contributed by atoms with Crippen LogP contribution in [0.2, 0.25) is 0 Å². The van der Waals surface area contributed by atoms with Crippen LogP contribution in [0.1, 0.15) is 25.8 Å². The van der Waals surface area contributed by atoms with Crippen molar-refractivity contribution < 1.29 is 9.13 Å². The monoisotopic (exact) mass is 280 g/mol. The van der Waals surface area contributed by atoms with Gasteiger partial charge in [0.25, 0.3) is 0 Å². The second-order valence-electron chi connectivity index (χ2n) is 5.55. The fraction of sp³-hybridized carbons (Fsp3) is 0.625. The Bertz CT molecular complexity index is 438. The van der Waals surface area contributed by atoms with E-state index >= 15 is 0 Å². The molecule has 20 heavy (non-hydrogen) atoms. The molecule has 3 nitrogen and oxygen atoms in total. The molecule has 0 radical (unpaired) electrons. The normalized spacial score (nSPS) is 23.1. The van der Waals surface area contributed by atoms with Gasteiger partial charge >= 0.3 is 0 Å². The molecule has 2 atom stereocenters. The lowest BCUT2D eigenvalue weighted by molar-refractivity contribution is 0.0497. The third-order valence-electron chi connectivity index (χ3n) is 4.12. The number of hydrogen-bond donors (Lipinski definition) is 1. The lowest BCUT2D eigenvalue weighted by Gasteiger charge is -2.37. The summed E-state index contributed by atoms with van der Waals surface area (Å²) in [5.41, 5.74) is 1.68. The molecule has 1 saturated heterocycles. The second kappa shape index (κ2) is 7.04. The van der Waals surface area contributed by atoms with Gasteiger partial charge in [-0.2, -0.15) is 0 Å². The van der Waals surface area contributed by atoms with Crippen LogP contribution in [0.3, 0.4) is 0 Å². The van der Waals surface area contributed by atoms with Crippen molar-refractivity contribution in [1.29, 1.82) is 0 Å². The Hall–Kier alpha value is -1.13. The smallest absolute Gasteiger partial charge is 0.146 e. The molecule has 0 saturated carbocycles. The summed E-state index contributed by atoms with van der Waals surface area (Å²) < 4.78 is 19.8. The van der Waals surface area contributed by atoms with Gasteiger partial charge in [0.15, 0.2) is 0 Å². The topological polar surface area (TPSA) is 24.5 Å². The number of halogens is 1. The molecule has 1 fully saturated rings. The molecule has 4 heteroatoms. The first kappa shape index (κ1) is 15.3. The van der Waals surface area contributed by atoms with Crippen LogP contribution >= 0.6 is 0 Å². The van der Waals surface area contributed by atoms with E-state index in [2.05, 4.69) is 17.1 Å². The van der Waals surface area contributed by atoms with Crippen LogP contribution in [-0.2, 0) is 11.3 Å². The molecule has 0 spiro atoms. The van der Waals surface area contributed by atoms with Crippen molar-refractivity contribution in [1.82, 2.24) is 5.32 Å². The lowest BCUT2D eigenvalue weighted by Crippen LogP contribution is -2.44. The zero-order chi connectivity index (χ0) is 14.5. The van der Waals surface area contributed by atoms with E-state index in [1.165, 1.54) is 0 Å². The predicted molar refractivity (Wildman–Crippen MR) is 80.6 cm³/mol. The van der Waals surface area contributed by atoms with E-state index in [-0.39, 0.29) is 11.9 Å². The van der Waals surface area contributed by atoms with Crippen LogP contribution in [0.15, 0.2) is 18.2 Å². The summed E-state index contributed by atoms with van der Waals surface area (Å²) >= 11 is 0. The van der Waals surface area contributed by atoms with Crippen molar-refractivity contribution in [2.45, 2.75) is 32.9 Å². The first-order valence-corrected chi connectivity index (χ1v) is 7.42. The Kier molecular flexibility index (Phi) is 5.38. The van der Waals surface area contributed by atoms with Crippen LogP contribution in [0.4, 0.5) is 10.1 Å². The third-order valence-corrected chi connectivity index (χ3v) is 4.12. The fourth-order valence-electron chi connectivity index (χ4n) is 2.75. The second-order valence-corrected chi connectivity index (χ2v) is 5.55. The molecule has 1 aliphatic rings. The minimum Gasteiger partial charge on any atom is -0.379 e. The average molecular weight is 280 g/mol. The molecule has 2 unspecified atom stereocenters. The summed E-state index contributed by atoms with van der Waals surface area (Å²) in [5.74, 6) is 0.400. The van der Waals surface area contributed by atoms with Gasteiger partial charge in [0.1, 0.15) is 5.82 Å². The van der Waals surface area contributed by atoms with Crippen molar-refractivity contribution in [3.63, 3.8) is 0 Å². The SMILES string of the molecule is CCNCc1ccc(N2CCC(C)C(OC)C2)c(F)c1. The van der Waals surface area contributed by atoms with E-state index in [0.29, 0.717) is 18.2 Å². The summed E-state index contributed by atoms with van der Waals surface area (Å²) in [4.78, 5) is 2.10. The van der Waals surface area contributed by atoms with Gasteiger partial charge in [0, 0.05) is 26.7 Å². The van der Waals surface area contributed by atoms with E-state index in [0.717, 1.165) is 31.6 Å². The fourth-order valence-corrected chi connectivity index (χ4v) is 2.75. The highest BCUT2D eigenvalue weighted by Crippen LogP contribution is 2.27. The Morgan fingerprint density at radius 1 is 1.45 bits per heavy atom. The van der Waals surface area contributed by atoms with Crippen molar-refractivity contribution in [2.75, 3.05) is 31.6 Å². The van der Waals surface area contributed by atoms with E-state index in [1.54, 1.807) is 13.2 Å². The zero-order valence-electron chi connectivity index (χ0n) is 12.7. The van der Waals surface area contributed by atoms with Crippen LogP contribution in [0, 0.1) is 11.7 Å². The maximum atomic E-state index is 14.3. The maximum absolute atomic E-state index is 14.3. The molecular formula is C16H25FN2O. The minimum absolute atomic E-state index is 0.134. The van der Waals surface area contributed by atoms with Gasteiger partial charge < -0.3 is 15.0 Å². The van der Waals surface area contributed by atoms with Gasteiger partial charge in [0.05, 0.1) is 11.8 Å². The number of hydrogen-bond acceptors (Lipinski definition) is 3. The lowest BCUT2D eigenvalue weighted by atomic mass is 9.95. The molecule has 1 aliphatic heterocycles. The highest BCUT2D eigenvalue weighted by Gasteiger charge is 2.27. The summed E-state index contributed by atoms with van der Waals surface area (Å²) in [6, 6.07) is 5.53. The van der Waals surface area contributed by atoms with Gasteiger partial charge in [-0.25, -0.2) is 4.39 Å². The average Bonchev–Trinajstić information content (AvgIpc) is 2.46. The standard InChI is InChI=1S/C16H25FN2O/c1-4-18-10-13-5-6-15(14(17)9-13)19-8-7-12(2)16(11-19)20-3/h5-6,9,12,16,18H,4,7-8,10-11H2,1-3H3. The van der Waals surface area contributed by atoms with E-state index in [9.17, 15) is 4.39 Å². The molecule has 2 rings (SSSR count). The Balaban J connectivity index is 2.08. The van der Waals surface area contributed by atoms with Crippen LogP contribution in [0.25, 0.3) is 0 Å². The zero-order valence-corrected chi connectivity index (χ0v) is 12.7. The number of ether oxygens (including phenoxy) is 1. The number of nitrogens with one attached hydrogen (secondary N) is 1.